The Bertz CT molecular complexity index is 256. The molecule has 2 heteroatoms. The first-order valence-corrected chi connectivity index (χ1v) is 3.73. The van der Waals surface area contributed by atoms with Crippen LogP contribution >= 0.6 is 0 Å². The van der Waals surface area contributed by atoms with Gasteiger partial charge in [0.15, 0.2) is 5.79 Å². The van der Waals surface area contributed by atoms with Crippen LogP contribution in [0.1, 0.15) is 17.9 Å². The zero-order valence-electron chi connectivity index (χ0n) is 6.13. The minimum atomic E-state index is -1.43. The molecule has 1 aromatic rings. The van der Waals surface area contributed by atoms with Crippen molar-refractivity contribution in [2.45, 2.75) is 18.1 Å². The molecule has 0 radical (unpaired) electrons. The van der Waals surface area contributed by atoms with E-state index in [0.29, 0.717) is 6.42 Å². The molecule has 0 heterocycles. The normalized spacial score (nSPS) is 35.3. The lowest BCUT2D eigenvalue weighted by Gasteiger charge is -1.99. The van der Waals surface area contributed by atoms with Crippen LogP contribution in [0.3, 0.4) is 0 Å². The van der Waals surface area contributed by atoms with E-state index in [-0.39, 0.29) is 5.92 Å². The molecule has 0 spiro atoms. The molecule has 1 nitrogen and oxygen atoms in total. The molecule has 1 aliphatic carbocycles. The minimum absolute atomic E-state index is 0.0660. The van der Waals surface area contributed by atoms with Gasteiger partial charge in [-0.2, -0.15) is 0 Å². The van der Waals surface area contributed by atoms with E-state index in [0.717, 1.165) is 5.56 Å². The van der Waals surface area contributed by atoms with Crippen LogP contribution in [0.15, 0.2) is 30.3 Å². The topological polar surface area (TPSA) is 26.0 Å². The molecule has 2 N–H and O–H groups in total. The summed E-state index contributed by atoms with van der Waals surface area (Å²) >= 11 is 0. The van der Waals surface area contributed by atoms with Crippen molar-refractivity contribution in [3.8, 4) is 0 Å². The zero-order valence-corrected chi connectivity index (χ0v) is 6.13. The van der Waals surface area contributed by atoms with Gasteiger partial charge in [-0.1, -0.05) is 30.3 Å². The Morgan fingerprint density at radius 1 is 1.36 bits per heavy atom. The summed E-state index contributed by atoms with van der Waals surface area (Å²) in [4.78, 5) is 0. The number of hydrogen-bond acceptors (Lipinski definition) is 1. The molecule has 0 aromatic heterocycles. The molecule has 0 saturated heterocycles. The Hall–Kier alpha value is -0.890. The van der Waals surface area contributed by atoms with E-state index in [1.807, 2.05) is 30.3 Å². The Morgan fingerprint density at radius 3 is 2.36 bits per heavy atom. The maximum absolute atomic E-state index is 12.9. The predicted octanol–water partition coefficient (Wildman–Crippen LogP) is 1.80. The predicted molar refractivity (Wildman–Crippen MR) is 41.8 cm³/mol. The third-order valence-corrected chi connectivity index (χ3v) is 2.14. The number of halogens is 1. The van der Waals surface area contributed by atoms with Gasteiger partial charge in [0.25, 0.3) is 0 Å². The van der Waals surface area contributed by atoms with Crippen LogP contribution in [-0.4, -0.2) is 5.79 Å². The van der Waals surface area contributed by atoms with Crippen molar-refractivity contribution in [3.05, 3.63) is 35.9 Å². The highest BCUT2D eigenvalue weighted by Crippen LogP contribution is 2.50. The van der Waals surface area contributed by atoms with Crippen LogP contribution in [0, 0.1) is 0 Å². The third-order valence-electron chi connectivity index (χ3n) is 2.14. The molecule has 2 rings (SSSR count). The standard InChI is InChI=1S/C9H10FN/c10-9(11)6-8(9)7-4-2-1-3-5-7/h1-5,8H,6,11H2. The van der Waals surface area contributed by atoms with Crippen molar-refractivity contribution < 1.29 is 4.39 Å². The highest BCUT2D eigenvalue weighted by molar-refractivity contribution is 5.29. The Balaban J connectivity index is 2.21. The summed E-state index contributed by atoms with van der Waals surface area (Å²) in [5, 5.41) is 0. The van der Waals surface area contributed by atoms with Gasteiger partial charge in [-0.15, -0.1) is 0 Å². The van der Waals surface area contributed by atoms with Crippen molar-refractivity contribution in [2.75, 3.05) is 0 Å². The van der Waals surface area contributed by atoms with Crippen LogP contribution < -0.4 is 5.73 Å². The van der Waals surface area contributed by atoms with Crippen molar-refractivity contribution in [3.63, 3.8) is 0 Å². The molecular weight excluding hydrogens is 141 g/mol. The monoisotopic (exact) mass is 151 g/mol. The molecular formula is C9H10FN. The summed E-state index contributed by atoms with van der Waals surface area (Å²) in [5.74, 6) is -1.50. The molecule has 1 fully saturated rings. The van der Waals surface area contributed by atoms with Gasteiger partial charge in [0.05, 0.1) is 0 Å². The van der Waals surface area contributed by atoms with Gasteiger partial charge in [0, 0.05) is 12.3 Å². The second-order valence-corrected chi connectivity index (χ2v) is 3.09. The van der Waals surface area contributed by atoms with Gasteiger partial charge >= 0.3 is 0 Å². The van der Waals surface area contributed by atoms with Crippen molar-refractivity contribution >= 4 is 0 Å². The highest BCUT2D eigenvalue weighted by atomic mass is 19.1. The second kappa shape index (κ2) is 2.05. The zero-order chi connectivity index (χ0) is 7.90. The Kier molecular flexibility index (Phi) is 1.26. The Morgan fingerprint density at radius 2 is 1.91 bits per heavy atom. The van der Waals surface area contributed by atoms with Crippen LogP contribution in [0.2, 0.25) is 0 Å². The first-order valence-electron chi connectivity index (χ1n) is 3.73. The summed E-state index contributed by atoms with van der Waals surface area (Å²) in [6.45, 7) is 0. The van der Waals surface area contributed by atoms with Crippen LogP contribution in [0.25, 0.3) is 0 Å². The maximum Gasteiger partial charge on any atom is 0.167 e. The lowest BCUT2D eigenvalue weighted by molar-refractivity contribution is 0.310. The lowest BCUT2D eigenvalue weighted by atomic mass is 10.1. The van der Waals surface area contributed by atoms with E-state index < -0.39 is 5.79 Å². The minimum Gasteiger partial charge on any atom is -0.299 e. The summed E-state index contributed by atoms with van der Waals surface area (Å²) in [7, 11) is 0. The number of alkyl halides is 1. The average Bonchev–Trinajstić information content (AvgIpc) is 2.62. The van der Waals surface area contributed by atoms with E-state index in [4.69, 9.17) is 5.73 Å². The van der Waals surface area contributed by atoms with Crippen LogP contribution in [-0.2, 0) is 0 Å². The second-order valence-electron chi connectivity index (χ2n) is 3.09. The number of hydrogen-bond donors (Lipinski definition) is 1. The smallest absolute Gasteiger partial charge is 0.167 e. The summed E-state index contributed by atoms with van der Waals surface area (Å²) < 4.78 is 12.9. The fourth-order valence-corrected chi connectivity index (χ4v) is 1.33. The highest BCUT2D eigenvalue weighted by Gasteiger charge is 2.52. The van der Waals surface area contributed by atoms with E-state index in [1.165, 1.54) is 0 Å². The molecule has 1 aromatic carbocycles. The summed E-state index contributed by atoms with van der Waals surface area (Å²) in [6, 6.07) is 9.56. The number of benzene rings is 1. The van der Waals surface area contributed by atoms with E-state index >= 15 is 0 Å². The largest absolute Gasteiger partial charge is 0.299 e. The van der Waals surface area contributed by atoms with Gasteiger partial charge in [-0.25, -0.2) is 4.39 Å². The van der Waals surface area contributed by atoms with Crippen molar-refractivity contribution in [1.82, 2.24) is 0 Å². The fourth-order valence-electron chi connectivity index (χ4n) is 1.33. The first kappa shape index (κ1) is 6.80. The van der Waals surface area contributed by atoms with Crippen molar-refractivity contribution in [2.24, 2.45) is 5.73 Å². The molecule has 0 amide bonds. The molecule has 58 valence electrons. The van der Waals surface area contributed by atoms with Gasteiger partial charge in [0.1, 0.15) is 0 Å². The van der Waals surface area contributed by atoms with Gasteiger partial charge in [0.2, 0.25) is 0 Å². The molecule has 2 atom stereocenters. The van der Waals surface area contributed by atoms with E-state index in [2.05, 4.69) is 0 Å². The van der Waals surface area contributed by atoms with Gasteiger partial charge < -0.3 is 0 Å². The van der Waals surface area contributed by atoms with Gasteiger partial charge in [-0.3, -0.25) is 5.73 Å². The molecule has 0 bridgehead atoms. The SMILES string of the molecule is NC1(F)CC1c1ccccc1. The van der Waals surface area contributed by atoms with Crippen molar-refractivity contribution in [1.29, 1.82) is 0 Å². The molecule has 1 saturated carbocycles. The van der Waals surface area contributed by atoms with Crippen LogP contribution in [0.5, 0.6) is 0 Å². The summed E-state index contributed by atoms with van der Waals surface area (Å²) in [6.07, 6.45) is 0.469. The fraction of sp³-hybridized carbons (Fsp3) is 0.333. The molecule has 1 aliphatic rings. The van der Waals surface area contributed by atoms with Gasteiger partial charge in [-0.05, 0) is 5.56 Å². The third kappa shape index (κ3) is 1.14. The number of rotatable bonds is 1. The number of nitrogens with two attached hydrogens (primary N) is 1. The quantitative estimate of drug-likeness (QED) is 0.608. The first-order chi connectivity index (χ1) is 5.20. The molecule has 0 aliphatic heterocycles. The summed E-state index contributed by atoms with van der Waals surface area (Å²) in [5.41, 5.74) is 6.29. The molecule has 11 heavy (non-hydrogen) atoms. The lowest BCUT2D eigenvalue weighted by Crippen LogP contribution is -2.16. The average molecular weight is 151 g/mol. The van der Waals surface area contributed by atoms with Crippen LogP contribution in [0.4, 0.5) is 4.39 Å². The molecule has 2 unspecified atom stereocenters. The van der Waals surface area contributed by atoms with E-state index in [1.54, 1.807) is 0 Å². The maximum atomic E-state index is 12.9. The van der Waals surface area contributed by atoms with E-state index in [9.17, 15) is 4.39 Å². The Labute approximate surface area is 65.0 Å².